The Kier molecular flexibility index (Phi) is 3.00. The van der Waals surface area contributed by atoms with Crippen molar-refractivity contribution in [3.8, 4) is 0 Å². The van der Waals surface area contributed by atoms with Gasteiger partial charge < -0.3 is 10.2 Å². The van der Waals surface area contributed by atoms with Gasteiger partial charge >= 0.3 is 0 Å². The minimum absolute atomic E-state index is 0.0301. The number of alkyl halides is 1. The van der Waals surface area contributed by atoms with E-state index in [0.717, 1.165) is 38.5 Å². The summed E-state index contributed by atoms with van der Waals surface area (Å²) in [5.74, 6) is 1.93. The summed E-state index contributed by atoms with van der Waals surface area (Å²) in [7, 11) is 0. The minimum atomic E-state index is -0.626. The second-order valence-corrected chi connectivity index (χ2v) is 8.74. The number of aliphatic hydroxyl groups excluding tert-OH is 2. The Bertz CT molecular complexity index is 554. The highest BCUT2D eigenvalue weighted by Crippen LogP contribution is 2.65. The molecular weight excluding hydrogens is 279 g/mol. The van der Waals surface area contributed by atoms with Gasteiger partial charge in [-0.15, -0.1) is 0 Å². The van der Waals surface area contributed by atoms with Crippen LogP contribution in [-0.4, -0.2) is 16.4 Å². The monoisotopic (exact) mass is 306 g/mol. The van der Waals surface area contributed by atoms with Gasteiger partial charge in [0.05, 0.1) is 0 Å². The van der Waals surface area contributed by atoms with Crippen LogP contribution < -0.4 is 0 Å². The average Bonchev–Trinajstić information content (AvgIpc) is 2.75. The van der Waals surface area contributed by atoms with Crippen LogP contribution in [0.15, 0.2) is 23.7 Å². The smallest absolute Gasteiger partial charge is 0.153 e. The fourth-order valence-electron chi connectivity index (χ4n) is 6.51. The number of hydrogen-bond acceptors (Lipinski definition) is 2. The van der Waals surface area contributed by atoms with Crippen molar-refractivity contribution in [1.82, 2.24) is 0 Å². The van der Waals surface area contributed by atoms with E-state index in [1.807, 2.05) is 12.2 Å². The largest absolute Gasteiger partial charge is 0.504 e. The van der Waals surface area contributed by atoms with E-state index in [2.05, 4.69) is 13.8 Å². The Balaban J connectivity index is 1.69. The number of allylic oxidation sites excluding steroid dienone is 2. The molecule has 0 spiro atoms. The molecule has 22 heavy (non-hydrogen) atoms. The van der Waals surface area contributed by atoms with Gasteiger partial charge in [0.1, 0.15) is 6.17 Å². The summed E-state index contributed by atoms with van der Waals surface area (Å²) in [5.41, 5.74) is 0.0944. The first-order valence-electron chi connectivity index (χ1n) is 8.80. The summed E-state index contributed by atoms with van der Waals surface area (Å²) in [4.78, 5) is 0. The van der Waals surface area contributed by atoms with Crippen LogP contribution in [-0.2, 0) is 0 Å². The topological polar surface area (TPSA) is 40.5 Å². The quantitative estimate of drug-likeness (QED) is 0.655. The predicted molar refractivity (Wildman–Crippen MR) is 84.2 cm³/mol. The number of fused-ring (bicyclic) bond motifs is 5. The van der Waals surface area contributed by atoms with Crippen LogP contribution >= 0.6 is 0 Å². The molecule has 0 aromatic heterocycles. The Hall–Kier alpha value is -0.990. The summed E-state index contributed by atoms with van der Waals surface area (Å²) >= 11 is 0. The summed E-state index contributed by atoms with van der Waals surface area (Å²) in [6, 6.07) is 0. The van der Waals surface area contributed by atoms with Crippen LogP contribution in [0.3, 0.4) is 0 Å². The van der Waals surface area contributed by atoms with E-state index in [9.17, 15) is 14.6 Å². The van der Waals surface area contributed by atoms with E-state index in [4.69, 9.17) is 0 Å². The van der Waals surface area contributed by atoms with Gasteiger partial charge in [-0.2, -0.15) is 0 Å². The van der Waals surface area contributed by atoms with Gasteiger partial charge in [-0.3, -0.25) is 0 Å². The number of aliphatic hydroxyl groups is 2. The highest BCUT2D eigenvalue weighted by Gasteiger charge is 2.58. The van der Waals surface area contributed by atoms with Gasteiger partial charge in [0.25, 0.3) is 0 Å². The van der Waals surface area contributed by atoms with Crippen LogP contribution in [0, 0.1) is 34.5 Å². The van der Waals surface area contributed by atoms with E-state index >= 15 is 0 Å². The molecule has 0 aliphatic heterocycles. The van der Waals surface area contributed by atoms with Crippen molar-refractivity contribution in [2.24, 2.45) is 34.5 Å². The van der Waals surface area contributed by atoms with Crippen LogP contribution in [0.25, 0.3) is 0 Å². The third-order valence-electron chi connectivity index (χ3n) is 7.63. The van der Waals surface area contributed by atoms with Crippen molar-refractivity contribution in [2.75, 3.05) is 0 Å². The molecule has 0 radical (unpaired) electrons. The van der Waals surface area contributed by atoms with E-state index in [0.29, 0.717) is 23.7 Å². The average molecular weight is 306 g/mol. The second-order valence-electron chi connectivity index (χ2n) is 8.74. The van der Waals surface area contributed by atoms with Gasteiger partial charge in [0.2, 0.25) is 0 Å². The van der Waals surface area contributed by atoms with Crippen molar-refractivity contribution in [3.63, 3.8) is 0 Å². The Morgan fingerprint density at radius 1 is 1.09 bits per heavy atom. The molecule has 0 bridgehead atoms. The molecule has 4 aliphatic carbocycles. The number of hydrogen-bond donors (Lipinski definition) is 2. The molecule has 0 aromatic rings. The zero-order valence-electron chi connectivity index (χ0n) is 13.6. The standard InChI is InChI=1S/C19H27FO2/c1-18-6-5-14-13(15(18)8-12(20)9-18)4-3-11-7-16(21)17(22)10-19(11,14)2/h7,10-15,21-22H,3-6,8-9H2,1-2H3/t11-,12-,13-,14+,15+,18-,19+/m1/s1. The highest BCUT2D eigenvalue weighted by molar-refractivity contribution is 5.30. The maximum atomic E-state index is 14.1. The third-order valence-corrected chi connectivity index (χ3v) is 7.63. The van der Waals surface area contributed by atoms with Crippen LogP contribution in [0.2, 0.25) is 0 Å². The summed E-state index contributed by atoms with van der Waals surface area (Å²) in [6.07, 6.45) is 8.99. The lowest BCUT2D eigenvalue weighted by Gasteiger charge is -2.57. The van der Waals surface area contributed by atoms with Crippen molar-refractivity contribution in [1.29, 1.82) is 0 Å². The van der Waals surface area contributed by atoms with Crippen molar-refractivity contribution in [3.05, 3.63) is 23.7 Å². The van der Waals surface area contributed by atoms with E-state index in [1.165, 1.54) is 0 Å². The normalized spacial score (nSPS) is 53.9. The van der Waals surface area contributed by atoms with Gasteiger partial charge in [0.15, 0.2) is 11.5 Å². The molecule has 0 aromatic carbocycles. The van der Waals surface area contributed by atoms with Crippen LogP contribution in [0.5, 0.6) is 0 Å². The summed E-state index contributed by atoms with van der Waals surface area (Å²) < 4.78 is 14.1. The highest BCUT2D eigenvalue weighted by atomic mass is 19.1. The molecule has 4 aliphatic rings. The maximum Gasteiger partial charge on any atom is 0.153 e. The van der Waals surface area contributed by atoms with Gasteiger partial charge in [0, 0.05) is 0 Å². The van der Waals surface area contributed by atoms with Gasteiger partial charge in [-0.25, -0.2) is 4.39 Å². The predicted octanol–water partition coefficient (Wildman–Crippen LogP) is 5.08. The van der Waals surface area contributed by atoms with Gasteiger partial charge in [-0.05, 0) is 85.2 Å². The van der Waals surface area contributed by atoms with E-state index in [-0.39, 0.29) is 22.3 Å². The van der Waals surface area contributed by atoms with E-state index in [1.54, 1.807) is 0 Å². The first kappa shape index (κ1) is 14.6. The first-order valence-corrected chi connectivity index (χ1v) is 8.80. The Morgan fingerprint density at radius 3 is 2.64 bits per heavy atom. The summed E-state index contributed by atoms with van der Waals surface area (Å²) in [6.45, 7) is 4.53. The maximum absolute atomic E-state index is 14.1. The molecule has 0 heterocycles. The fourth-order valence-corrected chi connectivity index (χ4v) is 6.51. The molecule has 3 saturated carbocycles. The molecule has 7 atom stereocenters. The van der Waals surface area contributed by atoms with Crippen molar-refractivity contribution < 1.29 is 14.6 Å². The molecule has 0 unspecified atom stereocenters. The van der Waals surface area contributed by atoms with Crippen LogP contribution in [0.1, 0.15) is 52.4 Å². The summed E-state index contributed by atoms with van der Waals surface area (Å²) in [5, 5.41) is 19.9. The lowest BCUT2D eigenvalue weighted by atomic mass is 9.47. The minimum Gasteiger partial charge on any atom is -0.504 e. The molecule has 3 fully saturated rings. The van der Waals surface area contributed by atoms with Crippen molar-refractivity contribution in [2.45, 2.75) is 58.5 Å². The molecule has 2 nitrogen and oxygen atoms in total. The second kappa shape index (κ2) is 4.52. The lowest BCUT2D eigenvalue weighted by Crippen LogP contribution is -2.50. The molecule has 122 valence electrons. The zero-order chi connectivity index (χ0) is 15.7. The fraction of sp³-hybridized carbons (Fsp3) is 0.789. The number of halogens is 1. The Labute approximate surface area is 132 Å². The molecular formula is C19H27FO2. The third kappa shape index (κ3) is 1.83. The Morgan fingerprint density at radius 2 is 1.86 bits per heavy atom. The molecule has 4 rings (SSSR count). The van der Waals surface area contributed by atoms with Crippen molar-refractivity contribution >= 4 is 0 Å². The molecule has 0 saturated heterocycles. The molecule has 2 N–H and O–H groups in total. The zero-order valence-corrected chi connectivity index (χ0v) is 13.6. The molecule has 0 amide bonds. The lowest BCUT2D eigenvalue weighted by molar-refractivity contribution is -0.0565. The molecule has 3 heteroatoms. The van der Waals surface area contributed by atoms with Gasteiger partial charge in [-0.1, -0.05) is 13.8 Å². The van der Waals surface area contributed by atoms with E-state index < -0.39 is 6.17 Å². The SMILES string of the molecule is C[C@]12CC[C@H]3[C@@H](CC[C@@H]4C=C(O)C(O)=C[C@@]43C)[C@@H]1C[C@@H](F)C2. The van der Waals surface area contributed by atoms with Crippen LogP contribution in [0.4, 0.5) is 4.39 Å². The first-order chi connectivity index (χ1) is 10.3. The number of rotatable bonds is 0.